The molecule has 3 rings (SSSR count). The van der Waals surface area contributed by atoms with Crippen molar-refractivity contribution in [2.24, 2.45) is 0 Å². The van der Waals surface area contributed by atoms with E-state index in [0.717, 1.165) is 28.0 Å². The number of pyridine rings is 1. The van der Waals surface area contributed by atoms with E-state index in [-0.39, 0.29) is 5.56 Å². The van der Waals surface area contributed by atoms with Crippen molar-refractivity contribution in [2.45, 2.75) is 11.3 Å². The van der Waals surface area contributed by atoms with Gasteiger partial charge in [-0.05, 0) is 18.6 Å². The zero-order valence-corrected chi connectivity index (χ0v) is 10.6. The fraction of sp³-hybridized carbons (Fsp3) is 0.231. The molecule has 92 valence electrons. The number of aromatic amines is 1. The van der Waals surface area contributed by atoms with Crippen molar-refractivity contribution in [3.05, 3.63) is 39.7 Å². The van der Waals surface area contributed by atoms with Gasteiger partial charge in [-0.15, -0.1) is 11.8 Å². The number of H-pyrrole nitrogens is 1. The lowest BCUT2D eigenvalue weighted by Gasteiger charge is -2.06. The molecular formula is C13H11NO3S. The Balaban J connectivity index is 2.28. The van der Waals surface area contributed by atoms with Crippen LogP contribution < -0.4 is 5.56 Å². The lowest BCUT2D eigenvalue weighted by Crippen LogP contribution is -2.12. The molecule has 1 aromatic carbocycles. The quantitative estimate of drug-likeness (QED) is 0.797. The van der Waals surface area contributed by atoms with Crippen molar-refractivity contribution in [1.82, 2.24) is 4.98 Å². The molecule has 2 aromatic rings. The Morgan fingerprint density at radius 1 is 1.44 bits per heavy atom. The van der Waals surface area contributed by atoms with E-state index in [1.54, 1.807) is 23.9 Å². The Morgan fingerprint density at radius 2 is 2.28 bits per heavy atom. The molecule has 0 saturated heterocycles. The van der Waals surface area contributed by atoms with Gasteiger partial charge in [-0.25, -0.2) is 4.79 Å². The molecule has 0 unspecified atom stereocenters. The molecule has 1 aliphatic heterocycles. The third-order valence-electron chi connectivity index (χ3n) is 3.08. The van der Waals surface area contributed by atoms with E-state index in [2.05, 4.69) is 9.72 Å². The molecular weight excluding hydrogens is 250 g/mol. The molecule has 0 amide bonds. The number of carbonyl (C=O) groups is 1. The molecule has 0 saturated carbocycles. The van der Waals surface area contributed by atoms with Gasteiger partial charge in [-0.1, -0.05) is 6.07 Å². The summed E-state index contributed by atoms with van der Waals surface area (Å²) in [5.74, 6) is 0.543. The highest BCUT2D eigenvalue weighted by Crippen LogP contribution is 2.34. The molecule has 0 radical (unpaired) electrons. The van der Waals surface area contributed by atoms with Crippen molar-refractivity contribution < 1.29 is 9.53 Å². The van der Waals surface area contributed by atoms with Crippen molar-refractivity contribution >= 4 is 28.6 Å². The number of methoxy groups -OCH3 is 1. The molecule has 2 heterocycles. The molecule has 0 atom stereocenters. The van der Waals surface area contributed by atoms with Crippen LogP contribution in [0, 0.1) is 0 Å². The highest BCUT2D eigenvalue weighted by atomic mass is 32.2. The van der Waals surface area contributed by atoms with E-state index in [4.69, 9.17) is 0 Å². The van der Waals surface area contributed by atoms with E-state index >= 15 is 0 Å². The van der Waals surface area contributed by atoms with Crippen LogP contribution in [0.1, 0.15) is 15.9 Å². The monoisotopic (exact) mass is 261 g/mol. The minimum atomic E-state index is -0.397. The maximum Gasteiger partial charge on any atom is 0.337 e. The van der Waals surface area contributed by atoms with E-state index < -0.39 is 5.97 Å². The van der Waals surface area contributed by atoms with E-state index in [0.29, 0.717) is 11.1 Å². The first-order valence-electron chi connectivity index (χ1n) is 5.61. The standard InChI is InChI=1S/C13H11NO3S/c1-17-13(16)7-2-3-8-10(6-7)14-12(15)9-4-5-18-11(8)9/h2-3,6H,4-5H2,1H3,(H,14,15). The van der Waals surface area contributed by atoms with Gasteiger partial charge in [0.05, 0.1) is 18.2 Å². The first-order chi connectivity index (χ1) is 8.70. The second-order valence-electron chi connectivity index (χ2n) is 4.11. The Bertz CT molecular complexity index is 705. The summed E-state index contributed by atoms with van der Waals surface area (Å²) in [5, 5.41) is 1.000. The number of benzene rings is 1. The van der Waals surface area contributed by atoms with Gasteiger partial charge < -0.3 is 9.72 Å². The number of fused-ring (bicyclic) bond motifs is 3. The molecule has 1 aromatic heterocycles. The summed E-state index contributed by atoms with van der Waals surface area (Å²) >= 11 is 1.70. The summed E-state index contributed by atoms with van der Waals surface area (Å²) in [7, 11) is 1.34. The largest absolute Gasteiger partial charge is 0.465 e. The lowest BCUT2D eigenvalue weighted by molar-refractivity contribution is 0.0601. The van der Waals surface area contributed by atoms with Gasteiger partial charge in [0.15, 0.2) is 0 Å². The summed E-state index contributed by atoms with van der Waals surface area (Å²) in [4.78, 5) is 27.2. The normalized spacial score (nSPS) is 13.6. The summed E-state index contributed by atoms with van der Waals surface area (Å²) in [6.07, 6.45) is 0.810. The average Bonchev–Trinajstić information content (AvgIpc) is 2.87. The number of carbonyl (C=O) groups excluding carboxylic acids is 1. The third kappa shape index (κ3) is 1.62. The number of thioether (sulfide) groups is 1. The average molecular weight is 261 g/mol. The molecule has 5 heteroatoms. The fourth-order valence-corrected chi connectivity index (χ4v) is 3.41. The molecule has 4 nitrogen and oxygen atoms in total. The van der Waals surface area contributed by atoms with Gasteiger partial charge in [0.2, 0.25) is 0 Å². The summed E-state index contributed by atoms with van der Waals surface area (Å²) < 4.78 is 4.67. The molecule has 1 N–H and O–H groups in total. The Hall–Kier alpha value is -1.75. The van der Waals surface area contributed by atoms with Gasteiger partial charge in [0.1, 0.15) is 0 Å². The smallest absolute Gasteiger partial charge is 0.337 e. The summed E-state index contributed by atoms with van der Waals surface area (Å²) in [6, 6.07) is 5.27. The highest BCUT2D eigenvalue weighted by Gasteiger charge is 2.19. The van der Waals surface area contributed by atoms with Crippen molar-refractivity contribution in [3.63, 3.8) is 0 Å². The second-order valence-corrected chi connectivity index (χ2v) is 5.22. The molecule has 1 aliphatic rings. The minimum absolute atomic E-state index is 0.0514. The Morgan fingerprint density at radius 3 is 3.06 bits per heavy atom. The van der Waals surface area contributed by atoms with Gasteiger partial charge in [-0.3, -0.25) is 4.79 Å². The molecule has 0 aliphatic carbocycles. The minimum Gasteiger partial charge on any atom is -0.465 e. The number of ether oxygens (including phenoxy) is 1. The van der Waals surface area contributed by atoms with Gasteiger partial charge in [0.25, 0.3) is 5.56 Å². The number of esters is 1. The van der Waals surface area contributed by atoms with E-state index in [9.17, 15) is 9.59 Å². The molecule has 0 bridgehead atoms. The van der Waals surface area contributed by atoms with Crippen molar-refractivity contribution in [3.8, 4) is 0 Å². The number of aromatic nitrogens is 1. The van der Waals surface area contributed by atoms with Crippen LogP contribution in [0.25, 0.3) is 10.9 Å². The van der Waals surface area contributed by atoms with Crippen molar-refractivity contribution in [2.75, 3.05) is 12.9 Å². The van der Waals surface area contributed by atoms with Crippen LogP contribution in [-0.2, 0) is 11.2 Å². The van der Waals surface area contributed by atoms with Crippen LogP contribution in [0.2, 0.25) is 0 Å². The van der Waals surface area contributed by atoms with Crippen LogP contribution >= 0.6 is 11.8 Å². The Labute approximate surface area is 107 Å². The van der Waals surface area contributed by atoms with E-state index in [1.807, 2.05) is 6.07 Å². The highest BCUT2D eigenvalue weighted by molar-refractivity contribution is 7.99. The van der Waals surface area contributed by atoms with Gasteiger partial charge >= 0.3 is 5.97 Å². The number of nitrogens with one attached hydrogen (secondary N) is 1. The number of hydrogen-bond acceptors (Lipinski definition) is 4. The predicted octanol–water partition coefficient (Wildman–Crippen LogP) is 1.96. The van der Waals surface area contributed by atoms with Crippen LogP contribution in [-0.4, -0.2) is 23.8 Å². The fourth-order valence-electron chi connectivity index (χ4n) is 2.20. The van der Waals surface area contributed by atoms with Crippen LogP contribution in [0.5, 0.6) is 0 Å². The van der Waals surface area contributed by atoms with E-state index in [1.165, 1.54) is 7.11 Å². The molecule has 0 spiro atoms. The molecule has 0 fully saturated rings. The lowest BCUT2D eigenvalue weighted by atomic mass is 10.1. The summed E-state index contributed by atoms with van der Waals surface area (Å²) in [5.41, 5.74) is 1.95. The predicted molar refractivity (Wildman–Crippen MR) is 70.3 cm³/mol. The number of hydrogen-bond donors (Lipinski definition) is 1. The zero-order valence-electron chi connectivity index (χ0n) is 9.78. The van der Waals surface area contributed by atoms with Crippen LogP contribution in [0.3, 0.4) is 0 Å². The van der Waals surface area contributed by atoms with Crippen LogP contribution in [0.4, 0.5) is 0 Å². The maximum atomic E-state index is 11.9. The first-order valence-corrected chi connectivity index (χ1v) is 6.59. The third-order valence-corrected chi connectivity index (χ3v) is 4.24. The van der Waals surface area contributed by atoms with Gasteiger partial charge in [0, 0.05) is 21.6 Å². The second kappa shape index (κ2) is 4.17. The zero-order chi connectivity index (χ0) is 12.7. The van der Waals surface area contributed by atoms with Crippen molar-refractivity contribution in [1.29, 1.82) is 0 Å². The summed E-state index contributed by atoms with van der Waals surface area (Å²) in [6.45, 7) is 0. The molecule has 18 heavy (non-hydrogen) atoms. The maximum absolute atomic E-state index is 11.9. The first kappa shape index (κ1) is 11.3. The van der Waals surface area contributed by atoms with Crippen LogP contribution in [0.15, 0.2) is 27.9 Å². The van der Waals surface area contributed by atoms with Gasteiger partial charge in [-0.2, -0.15) is 0 Å². The number of rotatable bonds is 1. The SMILES string of the molecule is COC(=O)c1ccc2c3c(c(=O)[nH]c2c1)CCS3. The Kier molecular flexibility index (Phi) is 2.63. The topological polar surface area (TPSA) is 59.2 Å².